The van der Waals surface area contributed by atoms with Gasteiger partial charge in [0.25, 0.3) is 10.0 Å². The van der Waals surface area contributed by atoms with Gasteiger partial charge in [-0.2, -0.15) is 0 Å². The molecule has 0 radical (unpaired) electrons. The molecule has 0 aliphatic rings. The van der Waals surface area contributed by atoms with E-state index in [0.717, 1.165) is 5.56 Å². The smallest absolute Gasteiger partial charge is 0.265 e. The van der Waals surface area contributed by atoms with Gasteiger partial charge in [-0.15, -0.1) is 0 Å². The van der Waals surface area contributed by atoms with Gasteiger partial charge in [0.1, 0.15) is 10.7 Å². The third-order valence-electron chi connectivity index (χ3n) is 2.97. The van der Waals surface area contributed by atoms with E-state index in [1.807, 2.05) is 26.0 Å². The van der Waals surface area contributed by atoms with E-state index in [-0.39, 0.29) is 16.6 Å². The highest BCUT2D eigenvalue weighted by molar-refractivity contribution is 9.10. The second-order valence-corrected chi connectivity index (χ2v) is 7.45. The lowest BCUT2D eigenvalue weighted by Gasteiger charge is -2.15. The topological polar surface area (TPSA) is 85.1 Å². The Balaban J connectivity index is 2.45. The van der Waals surface area contributed by atoms with E-state index in [4.69, 9.17) is 5.73 Å². The monoisotopic (exact) mass is 369 g/mol. The number of nitrogen functional groups attached to an aromatic ring is 1. The summed E-state index contributed by atoms with van der Waals surface area (Å²) in [4.78, 5) is 3.81. The average molecular weight is 370 g/mol. The first kappa shape index (κ1) is 15.8. The van der Waals surface area contributed by atoms with Crippen molar-refractivity contribution < 1.29 is 8.42 Å². The number of pyridine rings is 1. The van der Waals surface area contributed by atoms with E-state index in [1.54, 1.807) is 12.1 Å². The number of sulfonamides is 1. The van der Waals surface area contributed by atoms with Crippen LogP contribution in [0.1, 0.15) is 25.3 Å². The minimum atomic E-state index is -3.79. The van der Waals surface area contributed by atoms with Gasteiger partial charge in [0.2, 0.25) is 0 Å². The third kappa shape index (κ3) is 3.54. The van der Waals surface area contributed by atoms with Gasteiger partial charge in [0, 0.05) is 10.7 Å². The minimum Gasteiger partial charge on any atom is -0.383 e. The van der Waals surface area contributed by atoms with E-state index < -0.39 is 10.0 Å². The highest BCUT2D eigenvalue weighted by Gasteiger charge is 2.20. The quantitative estimate of drug-likeness (QED) is 0.864. The number of benzene rings is 1. The zero-order valence-electron chi connectivity index (χ0n) is 11.7. The molecule has 0 fully saturated rings. The summed E-state index contributed by atoms with van der Waals surface area (Å²) in [7, 11) is -3.79. The van der Waals surface area contributed by atoms with Gasteiger partial charge in [-0.25, -0.2) is 13.4 Å². The lowest BCUT2D eigenvalue weighted by Crippen LogP contribution is -2.16. The second-order valence-electron chi connectivity index (χ2n) is 4.88. The van der Waals surface area contributed by atoms with Gasteiger partial charge in [0.15, 0.2) is 0 Å². The molecule has 2 rings (SSSR count). The number of hydrogen-bond donors (Lipinski definition) is 2. The average Bonchev–Trinajstić information content (AvgIpc) is 2.41. The summed E-state index contributed by atoms with van der Waals surface area (Å²) in [6.07, 6.45) is 1.45. The number of nitrogens with two attached hydrogens (primary N) is 1. The van der Waals surface area contributed by atoms with Crippen LogP contribution in [-0.2, 0) is 10.0 Å². The molecule has 1 aromatic carbocycles. The predicted octanol–water partition coefficient (Wildman–Crippen LogP) is 3.35. The summed E-state index contributed by atoms with van der Waals surface area (Å²) < 4.78 is 28.1. The van der Waals surface area contributed by atoms with E-state index >= 15 is 0 Å². The molecule has 0 atom stereocenters. The number of nitrogens with zero attached hydrogens (tertiary/aromatic N) is 1. The molecule has 0 bridgehead atoms. The van der Waals surface area contributed by atoms with Crippen molar-refractivity contribution in [2.24, 2.45) is 0 Å². The molecule has 3 N–H and O–H groups in total. The number of nitrogens with one attached hydrogen (secondary N) is 1. The van der Waals surface area contributed by atoms with Crippen molar-refractivity contribution in [3.8, 4) is 0 Å². The van der Waals surface area contributed by atoms with Crippen LogP contribution in [0.2, 0.25) is 0 Å². The molecule has 0 aliphatic carbocycles. The van der Waals surface area contributed by atoms with E-state index in [0.29, 0.717) is 10.2 Å². The molecule has 0 saturated heterocycles. The van der Waals surface area contributed by atoms with Gasteiger partial charge in [-0.05, 0) is 39.5 Å². The van der Waals surface area contributed by atoms with Crippen LogP contribution < -0.4 is 10.5 Å². The van der Waals surface area contributed by atoms with Crippen molar-refractivity contribution in [1.82, 2.24) is 4.98 Å². The molecular formula is C14H16BrN3O2S. The zero-order chi connectivity index (χ0) is 15.6. The molecule has 5 nitrogen and oxygen atoms in total. The van der Waals surface area contributed by atoms with Gasteiger partial charge < -0.3 is 5.73 Å². The Morgan fingerprint density at radius 1 is 1.29 bits per heavy atom. The lowest BCUT2D eigenvalue weighted by atomic mass is 10.0. The van der Waals surface area contributed by atoms with Gasteiger partial charge in [-0.1, -0.05) is 32.0 Å². The summed E-state index contributed by atoms with van der Waals surface area (Å²) >= 11 is 3.20. The zero-order valence-corrected chi connectivity index (χ0v) is 14.1. The standard InChI is InChI=1S/C14H16BrN3O2S/c1-9(2)11-5-3-4-6-12(11)18-21(19,20)13-7-10(15)8-17-14(13)16/h3-9,18H,1-2H3,(H2,16,17). The van der Waals surface area contributed by atoms with Crippen molar-refractivity contribution in [3.63, 3.8) is 0 Å². The van der Waals surface area contributed by atoms with Crippen LogP contribution in [0, 0.1) is 0 Å². The van der Waals surface area contributed by atoms with Crippen molar-refractivity contribution in [3.05, 3.63) is 46.6 Å². The number of aromatic nitrogens is 1. The van der Waals surface area contributed by atoms with Crippen LogP contribution in [0.5, 0.6) is 0 Å². The lowest BCUT2D eigenvalue weighted by molar-refractivity contribution is 0.601. The normalized spacial score (nSPS) is 11.6. The highest BCUT2D eigenvalue weighted by Crippen LogP contribution is 2.28. The first-order valence-corrected chi connectivity index (χ1v) is 8.61. The third-order valence-corrected chi connectivity index (χ3v) is 4.79. The Bertz CT molecular complexity index is 761. The molecule has 2 aromatic rings. The summed E-state index contributed by atoms with van der Waals surface area (Å²) in [6.45, 7) is 4.00. The van der Waals surface area contributed by atoms with Gasteiger partial charge in [-0.3, -0.25) is 4.72 Å². The van der Waals surface area contributed by atoms with Crippen molar-refractivity contribution in [2.75, 3.05) is 10.5 Å². The second kappa shape index (κ2) is 6.03. The molecule has 0 unspecified atom stereocenters. The van der Waals surface area contributed by atoms with Gasteiger partial charge in [0.05, 0.1) is 5.69 Å². The number of anilines is 2. The maximum atomic E-state index is 12.5. The Kier molecular flexibility index (Phi) is 4.53. The number of para-hydroxylation sites is 1. The first-order chi connectivity index (χ1) is 9.81. The molecule has 0 amide bonds. The van der Waals surface area contributed by atoms with Crippen LogP contribution >= 0.6 is 15.9 Å². The van der Waals surface area contributed by atoms with Crippen molar-refractivity contribution in [2.45, 2.75) is 24.7 Å². The van der Waals surface area contributed by atoms with Gasteiger partial charge >= 0.3 is 0 Å². The molecular weight excluding hydrogens is 354 g/mol. The fourth-order valence-electron chi connectivity index (χ4n) is 1.94. The highest BCUT2D eigenvalue weighted by atomic mass is 79.9. The molecule has 21 heavy (non-hydrogen) atoms. The Morgan fingerprint density at radius 2 is 1.95 bits per heavy atom. The fourth-order valence-corrected chi connectivity index (χ4v) is 3.62. The maximum absolute atomic E-state index is 12.5. The first-order valence-electron chi connectivity index (χ1n) is 6.34. The molecule has 1 heterocycles. The molecule has 0 saturated carbocycles. The van der Waals surface area contributed by atoms with E-state index in [2.05, 4.69) is 25.6 Å². The minimum absolute atomic E-state index is 0.0345. The largest absolute Gasteiger partial charge is 0.383 e. The summed E-state index contributed by atoms with van der Waals surface area (Å²) in [5, 5.41) is 0. The SMILES string of the molecule is CC(C)c1ccccc1NS(=O)(=O)c1cc(Br)cnc1N. The fraction of sp³-hybridized carbons (Fsp3) is 0.214. The number of hydrogen-bond acceptors (Lipinski definition) is 4. The van der Waals surface area contributed by atoms with E-state index in [9.17, 15) is 8.42 Å². The number of rotatable bonds is 4. The molecule has 7 heteroatoms. The Morgan fingerprint density at radius 3 is 2.62 bits per heavy atom. The Labute approximate surface area is 132 Å². The van der Waals surface area contributed by atoms with E-state index in [1.165, 1.54) is 12.3 Å². The molecule has 1 aromatic heterocycles. The van der Waals surface area contributed by atoms with Crippen LogP contribution in [-0.4, -0.2) is 13.4 Å². The van der Waals surface area contributed by atoms with Crippen LogP contribution in [0.15, 0.2) is 45.9 Å². The Hall–Kier alpha value is -1.60. The predicted molar refractivity (Wildman–Crippen MR) is 87.7 cm³/mol. The molecule has 0 aliphatic heterocycles. The molecule has 0 spiro atoms. The molecule has 112 valence electrons. The summed E-state index contributed by atoms with van der Waals surface area (Å²) in [5.41, 5.74) is 7.14. The summed E-state index contributed by atoms with van der Waals surface area (Å²) in [5.74, 6) is 0.162. The van der Waals surface area contributed by atoms with Crippen molar-refractivity contribution in [1.29, 1.82) is 0 Å². The summed E-state index contributed by atoms with van der Waals surface area (Å²) in [6, 6.07) is 8.72. The van der Waals surface area contributed by atoms with Crippen LogP contribution in [0.3, 0.4) is 0 Å². The maximum Gasteiger partial charge on any atom is 0.265 e. The number of halogens is 1. The van der Waals surface area contributed by atoms with Crippen molar-refractivity contribution >= 4 is 37.5 Å². The van der Waals surface area contributed by atoms with Crippen LogP contribution in [0.25, 0.3) is 0 Å². The van der Waals surface area contributed by atoms with Crippen LogP contribution in [0.4, 0.5) is 11.5 Å².